The number of rotatable bonds is 3. The van der Waals surface area contributed by atoms with Gasteiger partial charge >= 0.3 is 0 Å². The van der Waals surface area contributed by atoms with E-state index in [1.165, 1.54) is 11.1 Å². The summed E-state index contributed by atoms with van der Waals surface area (Å²) in [5.41, 5.74) is 5.82. The molecule has 110 valence electrons. The molecule has 1 aliphatic rings. The van der Waals surface area contributed by atoms with Crippen molar-refractivity contribution in [3.8, 4) is 22.6 Å². The van der Waals surface area contributed by atoms with E-state index in [0.29, 0.717) is 5.92 Å². The lowest BCUT2D eigenvalue weighted by Crippen LogP contribution is -2.13. The predicted octanol–water partition coefficient (Wildman–Crippen LogP) is 4.77. The summed E-state index contributed by atoms with van der Waals surface area (Å²) in [5.74, 6) is 0.492. The Morgan fingerprint density at radius 1 is 1.10 bits per heavy atom. The molecule has 2 nitrogen and oxygen atoms in total. The largest absolute Gasteiger partial charge is 0.504 e. The highest BCUT2D eigenvalue weighted by Gasteiger charge is 2.28. The zero-order valence-corrected chi connectivity index (χ0v) is 12.7. The smallest absolute Gasteiger partial charge is 0.165 e. The van der Waals surface area contributed by atoms with E-state index < -0.39 is 0 Å². The van der Waals surface area contributed by atoms with Crippen LogP contribution in [0.3, 0.4) is 0 Å². The molecule has 21 heavy (non-hydrogen) atoms. The van der Waals surface area contributed by atoms with Crippen LogP contribution >= 0.6 is 0 Å². The molecule has 1 atom stereocenters. The van der Waals surface area contributed by atoms with Gasteiger partial charge in [0.1, 0.15) is 0 Å². The van der Waals surface area contributed by atoms with Gasteiger partial charge in [0.25, 0.3) is 0 Å². The molecule has 0 saturated carbocycles. The van der Waals surface area contributed by atoms with Crippen LogP contribution in [0.4, 0.5) is 0 Å². The van der Waals surface area contributed by atoms with Crippen LogP contribution in [0.5, 0.6) is 11.5 Å². The van der Waals surface area contributed by atoms with Crippen molar-refractivity contribution >= 4 is 0 Å². The Balaban J connectivity index is 2.28. The van der Waals surface area contributed by atoms with E-state index in [4.69, 9.17) is 0 Å². The van der Waals surface area contributed by atoms with Gasteiger partial charge in [-0.05, 0) is 53.5 Å². The Hall–Kier alpha value is -1.96. The Bertz CT molecular complexity index is 674. The van der Waals surface area contributed by atoms with Gasteiger partial charge in [-0.2, -0.15) is 0 Å². The molecule has 3 rings (SSSR count). The van der Waals surface area contributed by atoms with Crippen LogP contribution in [0.15, 0.2) is 30.3 Å². The summed E-state index contributed by atoms with van der Waals surface area (Å²) < 4.78 is 0. The topological polar surface area (TPSA) is 40.5 Å². The minimum absolute atomic E-state index is 0.0250. The third-order valence-corrected chi connectivity index (χ3v) is 4.60. The second-order valence-corrected chi connectivity index (χ2v) is 5.91. The van der Waals surface area contributed by atoms with Gasteiger partial charge in [0.2, 0.25) is 0 Å². The fourth-order valence-electron chi connectivity index (χ4n) is 3.61. The molecule has 0 radical (unpaired) electrons. The lowest BCUT2D eigenvalue weighted by molar-refractivity contribution is 0.404. The highest BCUT2D eigenvalue weighted by molar-refractivity contribution is 5.82. The van der Waals surface area contributed by atoms with E-state index >= 15 is 0 Å². The van der Waals surface area contributed by atoms with E-state index in [-0.39, 0.29) is 11.5 Å². The maximum Gasteiger partial charge on any atom is 0.165 e. The highest BCUT2D eigenvalue weighted by Crippen LogP contribution is 2.48. The molecule has 2 N–H and O–H groups in total. The maximum absolute atomic E-state index is 10.3. The standard InChI is InChI=1S/C19H22O2/c1-3-6-13-7-5-8-15-17(13)12(4-2)11-14-9-10-16(20)19(21)18(14)15/h5,7-10,12,20-21H,3-4,6,11H2,1-2H3. The lowest BCUT2D eigenvalue weighted by Gasteiger charge is -2.30. The van der Waals surface area contributed by atoms with E-state index in [1.807, 2.05) is 6.07 Å². The molecule has 0 saturated heterocycles. The third-order valence-electron chi connectivity index (χ3n) is 4.60. The van der Waals surface area contributed by atoms with Crippen LogP contribution in [0, 0.1) is 0 Å². The van der Waals surface area contributed by atoms with Crippen molar-refractivity contribution in [1.82, 2.24) is 0 Å². The number of fused-ring (bicyclic) bond motifs is 3. The molecule has 2 heteroatoms. The Morgan fingerprint density at radius 2 is 1.90 bits per heavy atom. The van der Waals surface area contributed by atoms with Crippen molar-refractivity contribution in [2.24, 2.45) is 0 Å². The molecular formula is C19H22O2. The van der Waals surface area contributed by atoms with Crippen LogP contribution < -0.4 is 0 Å². The quantitative estimate of drug-likeness (QED) is 0.796. The maximum atomic E-state index is 10.3. The first-order valence-corrected chi connectivity index (χ1v) is 7.83. The first kappa shape index (κ1) is 14.0. The van der Waals surface area contributed by atoms with Gasteiger partial charge in [0.15, 0.2) is 11.5 Å². The van der Waals surface area contributed by atoms with Gasteiger partial charge < -0.3 is 10.2 Å². The summed E-state index contributed by atoms with van der Waals surface area (Å²) in [6.07, 6.45) is 4.21. The molecule has 1 unspecified atom stereocenters. The molecule has 0 fully saturated rings. The second kappa shape index (κ2) is 5.44. The number of benzene rings is 2. The molecule has 0 bridgehead atoms. The molecular weight excluding hydrogens is 260 g/mol. The van der Waals surface area contributed by atoms with Gasteiger partial charge in [0, 0.05) is 5.56 Å². The second-order valence-electron chi connectivity index (χ2n) is 5.91. The van der Waals surface area contributed by atoms with Crippen molar-refractivity contribution in [3.05, 3.63) is 47.0 Å². The summed E-state index contributed by atoms with van der Waals surface area (Å²) in [7, 11) is 0. The normalized spacial score (nSPS) is 16.4. The molecule has 2 aromatic carbocycles. The number of aryl methyl sites for hydroxylation is 1. The van der Waals surface area contributed by atoms with Crippen LogP contribution in [-0.2, 0) is 12.8 Å². The monoisotopic (exact) mass is 282 g/mol. The average molecular weight is 282 g/mol. The molecule has 0 aromatic heterocycles. The third kappa shape index (κ3) is 2.19. The fourth-order valence-corrected chi connectivity index (χ4v) is 3.61. The van der Waals surface area contributed by atoms with E-state index in [1.54, 1.807) is 6.07 Å². The van der Waals surface area contributed by atoms with Crippen molar-refractivity contribution in [2.75, 3.05) is 0 Å². The van der Waals surface area contributed by atoms with Gasteiger partial charge in [-0.1, -0.05) is 44.5 Å². The SMILES string of the molecule is CCCc1cccc2c1C(CC)Cc1ccc(O)c(O)c1-2. The van der Waals surface area contributed by atoms with Gasteiger partial charge in [-0.3, -0.25) is 0 Å². The fraction of sp³-hybridized carbons (Fsp3) is 0.368. The number of phenolic OH excluding ortho intramolecular Hbond substituents is 2. The minimum atomic E-state index is -0.0319. The van der Waals surface area contributed by atoms with E-state index in [9.17, 15) is 10.2 Å². The molecule has 0 spiro atoms. The molecule has 0 aliphatic heterocycles. The number of hydrogen-bond acceptors (Lipinski definition) is 2. The number of hydrogen-bond donors (Lipinski definition) is 2. The van der Waals surface area contributed by atoms with Crippen molar-refractivity contribution < 1.29 is 10.2 Å². The number of phenols is 2. The minimum Gasteiger partial charge on any atom is -0.504 e. The van der Waals surface area contributed by atoms with Gasteiger partial charge in [-0.15, -0.1) is 0 Å². The summed E-state index contributed by atoms with van der Waals surface area (Å²) in [6.45, 7) is 4.42. The van der Waals surface area contributed by atoms with Gasteiger partial charge in [-0.25, -0.2) is 0 Å². The van der Waals surface area contributed by atoms with Crippen LogP contribution in [0.25, 0.3) is 11.1 Å². The van der Waals surface area contributed by atoms with Crippen LogP contribution in [0.1, 0.15) is 49.3 Å². The van der Waals surface area contributed by atoms with Crippen LogP contribution in [0.2, 0.25) is 0 Å². The molecule has 0 amide bonds. The number of aromatic hydroxyl groups is 2. The Kier molecular flexibility index (Phi) is 3.62. The lowest BCUT2D eigenvalue weighted by atomic mass is 9.74. The van der Waals surface area contributed by atoms with E-state index in [2.05, 4.69) is 32.0 Å². The summed E-state index contributed by atoms with van der Waals surface area (Å²) in [4.78, 5) is 0. The average Bonchev–Trinajstić information content (AvgIpc) is 2.50. The van der Waals surface area contributed by atoms with E-state index in [0.717, 1.165) is 42.4 Å². The van der Waals surface area contributed by atoms with Crippen molar-refractivity contribution in [2.45, 2.75) is 45.4 Å². The van der Waals surface area contributed by atoms with Crippen molar-refractivity contribution in [1.29, 1.82) is 0 Å². The first-order chi connectivity index (χ1) is 10.2. The Morgan fingerprint density at radius 3 is 2.62 bits per heavy atom. The summed E-state index contributed by atoms with van der Waals surface area (Å²) >= 11 is 0. The first-order valence-electron chi connectivity index (χ1n) is 7.83. The van der Waals surface area contributed by atoms with Gasteiger partial charge in [0.05, 0.1) is 0 Å². The van der Waals surface area contributed by atoms with Crippen LogP contribution in [-0.4, -0.2) is 10.2 Å². The molecule has 1 aliphatic carbocycles. The molecule has 2 aromatic rings. The summed E-state index contributed by atoms with van der Waals surface area (Å²) in [6, 6.07) is 9.89. The molecule has 0 heterocycles. The zero-order chi connectivity index (χ0) is 15.0. The summed E-state index contributed by atoms with van der Waals surface area (Å²) in [5, 5.41) is 20.2. The zero-order valence-electron chi connectivity index (χ0n) is 12.7. The van der Waals surface area contributed by atoms with Crippen molar-refractivity contribution in [3.63, 3.8) is 0 Å². The predicted molar refractivity (Wildman–Crippen MR) is 85.9 cm³/mol. The highest BCUT2D eigenvalue weighted by atomic mass is 16.3. The Labute approximate surface area is 126 Å².